The van der Waals surface area contributed by atoms with Crippen LogP contribution >= 0.6 is 12.6 Å². The molecule has 0 heterocycles. The van der Waals surface area contributed by atoms with Gasteiger partial charge in [0.2, 0.25) is 0 Å². The first-order chi connectivity index (χ1) is 16.6. The highest BCUT2D eigenvalue weighted by Gasteiger charge is 2.29. The summed E-state index contributed by atoms with van der Waals surface area (Å²) < 4.78 is 41.5. The fourth-order valence-corrected chi connectivity index (χ4v) is 4.41. The van der Waals surface area contributed by atoms with E-state index in [9.17, 15) is 13.2 Å². The Morgan fingerprint density at radius 2 is 1.57 bits per heavy atom. The fourth-order valence-electron chi connectivity index (χ4n) is 3.84. The smallest absolute Gasteiger partial charge is 0.433 e. The summed E-state index contributed by atoms with van der Waals surface area (Å²) in [4.78, 5) is 12.9. The van der Waals surface area contributed by atoms with Gasteiger partial charge >= 0.3 is 16.6 Å². The molecule has 0 unspecified atom stereocenters. The zero-order valence-corrected chi connectivity index (χ0v) is 21.4. The van der Waals surface area contributed by atoms with Crippen molar-refractivity contribution >= 4 is 29.2 Å². The Kier molecular flexibility index (Phi) is 8.96. The van der Waals surface area contributed by atoms with Crippen LogP contribution in [0.3, 0.4) is 0 Å². The van der Waals surface area contributed by atoms with Gasteiger partial charge in [-0.1, -0.05) is 68.4 Å². The summed E-state index contributed by atoms with van der Waals surface area (Å²) in [5, 5.41) is 0. The Bertz CT molecular complexity index is 1240. The minimum absolute atomic E-state index is 0.0127. The lowest BCUT2D eigenvalue weighted by Gasteiger charge is -2.15. The number of benzene rings is 3. The van der Waals surface area contributed by atoms with E-state index in [1.165, 1.54) is 29.2 Å². The van der Waals surface area contributed by atoms with Crippen LogP contribution in [0.25, 0.3) is 11.1 Å². The van der Waals surface area contributed by atoms with Crippen molar-refractivity contribution in [2.75, 3.05) is 13.2 Å². The molecule has 0 saturated carbocycles. The number of hydrogen-bond donors (Lipinski definition) is 2. The van der Waals surface area contributed by atoms with Crippen molar-refractivity contribution < 1.29 is 31.4 Å². The molecule has 0 bridgehead atoms. The predicted molar refractivity (Wildman–Crippen MR) is 137 cm³/mol. The Labute approximate surface area is 211 Å². The molecular weight excluding hydrogens is 488 g/mol. The molecule has 3 aromatic rings. The summed E-state index contributed by atoms with van der Waals surface area (Å²) in [6.45, 7) is 5.88. The van der Waals surface area contributed by atoms with E-state index in [0.29, 0.717) is 16.6 Å². The molecule has 0 atom stereocenters. The van der Waals surface area contributed by atoms with Crippen LogP contribution in [0.1, 0.15) is 49.3 Å². The average Bonchev–Trinajstić information content (AvgIpc) is 3.12. The van der Waals surface area contributed by atoms with Crippen LogP contribution < -0.4 is 4.74 Å². The highest BCUT2D eigenvalue weighted by molar-refractivity contribution is 7.81. The first-order valence-electron chi connectivity index (χ1n) is 11.1. The monoisotopic (exact) mass is 516 g/mol. The average molecular weight is 517 g/mol. The number of rotatable bonds is 6. The number of fused-ring (bicyclic) bond motifs is 3. The van der Waals surface area contributed by atoms with E-state index >= 15 is 0 Å². The molecular formula is C26H28O7S2. The first kappa shape index (κ1) is 26.7. The number of hydrogen-bond acceptors (Lipinski definition) is 7. The molecule has 1 aliphatic rings. The van der Waals surface area contributed by atoms with E-state index in [4.69, 9.17) is 14.0 Å². The van der Waals surface area contributed by atoms with Crippen LogP contribution in [0.2, 0.25) is 0 Å². The number of thiol groups is 1. The second-order valence-corrected chi connectivity index (χ2v) is 9.68. The SMILES string of the molecule is CC(C)c1ccc(OC(=O)OCC2c3ccccc3-c3ccccc32)c(S)c1.CCOS(=O)(=O)O. The van der Waals surface area contributed by atoms with Gasteiger partial charge in [-0.25, -0.2) is 8.98 Å². The van der Waals surface area contributed by atoms with Gasteiger partial charge < -0.3 is 9.47 Å². The van der Waals surface area contributed by atoms with Gasteiger partial charge in [-0.05, 0) is 52.8 Å². The van der Waals surface area contributed by atoms with E-state index in [1.807, 2.05) is 36.4 Å². The third kappa shape index (κ3) is 7.08. The van der Waals surface area contributed by atoms with Gasteiger partial charge in [0.25, 0.3) is 0 Å². The lowest BCUT2D eigenvalue weighted by molar-refractivity contribution is 0.0955. The molecule has 0 aromatic heterocycles. The molecule has 7 nitrogen and oxygen atoms in total. The Morgan fingerprint density at radius 1 is 1.00 bits per heavy atom. The molecule has 0 aliphatic heterocycles. The van der Waals surface area contributed by atoms with Gasteiger partial charge in [0.1, 0.15) is 12.4 Å². The standard InChI is InChI=1S/C24H22O3S.C2H6O4S/c1-15(2)16-11-12-22(23(28)13-16)27-24(25)26-14-21-19-9-5-3-7-17(19)18-8-4-6-10-20(18)21;1-2-6-7(3,4)5/h3-13,15,21,28H,14H2,1-2H3;2H2,1H3,(H,3,4,5). The molecule has 0 fully saturated rings. The molecule has 0 spiro atoms. The zero-order valence-electron chi connectivity index (χ0n) is 19.7. The summed E-state index contributed by atoms with van der Waals surface area (Å²) in [6.07, 6.45) is -0.713. The van der Waals surface area contributed by atoms with Crippen molar-refractivity contribution in [1.29, 1.82) is 0 Å². The maximum atomic E-state index is 12.3. The highest BCUT2D eigenvalue weighted by Crippen LogP contribution is 2.44. The normalized spacial score (nSPS) is 12.4. The van der Waals surface area contributed by atoms with Crippen LogP contribution in [-0.4, -0.2) is 32.3 Å². The summed E-state index contributed by atoms with van der Waals surface area (Å²) in [6, 6.07) is 22.1. The topological polar surface area (TPSA) is 99.1 Å². The van der Waals surface area contributed by atoms with Crippen LogP contribution in [0.5, 0.6) is 5.75 Å². The van der Waals surface area contributed by atoms with E-state index in [1.54, 1.807) is 6.07 Å². The lowest BCUT2D eigenvalue weighted by Crippen LogP contribution is -2.16. The van der Waals surface area contributed by atoms with E-state index in [2.05, 4.69) is 54.9 Å². The van der Waals surface area contributed by atoms with Crippen LogP contribution in [0.15, 0.2) is 71.6 Å². The van der Waals surface area contributed by atoms with Gasteiger partial charge in [0.05, 0.1) is 6.61 Å². The van der Waals surface area contributed by atoms with Gasteiger partial charge in [-0.3, -0.25) is 4.55 Å². The predicted octanol–water partition coefficient (Wildman–Crippen LogP) is 6.25. The molecule has 186 valence electrons. The second-order valence-electron chi connectivity index (χ2n) is 8.11. The molecule has 0 saturated heterocycles. The van der Waals surface area contributed by atoms with Gasteiger partial charge in [0.15, 0.2) is 0 Å². The number of carbonyl (C=O) groups is 1. The molecule has 4 rings (SSSR count). The molecule has 1 N–H and O–H groups in total. The van der Waals surface area contributed by atoms with E-state index in [0.717, 1.165) is 5.56 Å². The van der Waals surface area contributed by atoms with Crippen molar-refractivity contribution in [3.8, 4) is 16.9 Å². The van der Waals surface area contributed by atoms with Gasteiger partial charge in [0, 0.05) is 10.8 Å². The largest absolute Gasteiger partial charge is 0.513 e. The molecule has 3 aromatic carbocycles. The Hall–Kier alpha value is -2.85. The highest BCUT2D eigenvalue weighted by atomic mass is 32.3. The van der Waals surface area contributed by atoms with E-state index in [-0.39, 0.29) is 19.1 Å². The summed E-state index contributed by atoms with van der Waals surface area (Å²) in [5.74, 6) is 0.804. The summed E-state index contributed by atoms with van der Waals surface area (Å²) in [5.41, 5.74) is 5.88. The summed E-state index contributed by atoms with van der Waals surface area (Å²) in [7, 11) is -4.17. The Balaban J connectivity index is 0.000000429. The van der Waals surface area contributed by atoms with Crippen molar-refractivity contribution in [3.05, 3.63) is 83.4 Å². The third-order valence-electron chi connectivity index (χ3n) is 5.44. The second kappa shape index (κ2) is 11.7. The van der Waals surface area contributed by atoms with Gasteiger partial charge in [-0.2, -0.15) is 8.42 Å². The van der Waals surface area contributed by atoms with Crippen LogP contribution in [0.4, 0.5) is 4.79 Å². The maximum absolute atomic E-state index is 12.3. The van der Waals surface area contributed by atoms with Crippen molar-refractivity contribution in [2.24, 2.45) is 0 Å². The van der Waals surface area contributed by atoms with Crippen LogP contribution in [-0.2, 0) is 19.3 Å². The van der Waals surface area contributed by atoms with E-state index < -0.39 is 16.6 Å². The molecule has 9 heteroatoms. The minimum Gasteiger partial charge on any atom is -0.433 e. The minimum atomic E-state index is -4.17. The van der Waals surface area contributed by atoms with Crippen molar-refractivity contribution in [2.45, 2.75) is 37.5 Å². The quantitative estimate of drug-likeness (QED) is 0.173. The molecule has 0 radical (unpaired) electrons. The fraction of sp³-hybridized carbons (Fsp3) is 0.269. The molecule has 0 amide bonds. The van der Waals surface area contributed by atoms with Crippen molar-refractivity contribution in [1.82, 2.24) is 0 Å². The maximum Gasteiger partial charge on any atom is 0.513 e. The third-order valence-corrected chi connectivity index (χ3v) is 6.32. The van der Waals surface area contributed by atoms with Crippen molar-refractivity contribution in [3.63, 3.8) is 0 Å². The van der Waals surface area contributed by atoms with Crippen LogP contribution in [0, 0.1) is 0 Å². The lowest BCUT2D eigenvalue weighted by atomic mass is 9.98. The number of carbonyl (C=O) groups excluding carboxylic acids is 1. The first-order valence-corrected chi connectivity index (χ1v) is 12.9. The zero-order chi connectivity index (χ0) is 25.6. The molecule has 1 aliphatic carbocycles. The Morgan fingerprint density at radius 3 is 2.03 bits per heavy atom. The number of ether oxygens (including phenoxy) is 2. The van der Waals surface area contributed by atoms with Gasteiger partial charge in [-0.15, -0.1) is 12.6 Å². The summed E-state index contributed by atoms with van der Waals surface area (Å²) >= 11 is 4.43. The molecule has 35 heavy (non-hydrogen) atoms.